The summed E-state index contributed by atoms with van der Waals surface area (Å²) < 4.78 is 11.6. The summed E-state index contributed by atoms with van der Waals surface area (Å²) in [5.41, 5.74) is 2.57. The van der Waals surface area contributed by atoms with E-state index in [4.69, 9.17) is 9.15 Å². The van der Waals surface area contributed by atoms with E-state index in [1.54, 1.807) is 24.7 Å². The van der Waals surface area contributed by atoms with Crippen molar-refractivity contribution < 1.29 is 13.9 Å². The predicted molar refractivity (Wildman–Crippen MR) is 96.8 cm³/mol. The molecule has 0 aliphatic rings. The average Bonchev–Trinajstić information content (AvgIpc) is 3.13. The summed E-state index contributed by atoms with van der Waals surface area (Å²) in [6, 6.07) is 13.4. The third kappa shape index (κ3) is 5.27. The highest BCUT2D eigenvalue weighted by atomic mass is 79.9. The van der Waals surface area contributed by atoms with Gasteiger partial charge in [-0.15, -0.1) is 0 Å². The highest BCUT2D eigenvalue weighted by molar-refractivity contribution is 9.10. The largest absolute Gasteiger partial charge is 0.467 e. The van der Waals surface area contributed by atoms with Crippen molar-refractivity contribution in [3.63, 3.8) is 0 Å². The number of rotatable bonds is 7. The summed E-state index contributed by atoms with van der Waals surface area (Å²) in [5.74, 6) is 0.638. The van der Waals surface area contributed by atoms with Crippen LogP contribution in [0.25, 0.3) is 0 Å². The molecule has 1 N–H and O–H groups in total. The first-order valence-electron chi connectivity index (χ1n) is 7.77. The molecule has 0 radical (unpaired) electrons. The van der Waals surface area contributed by atoms with E-state index in [2.05, 4.69) is 26.2 Å². The summed E-state index contributed by atoms with van der Waals surface area (Å²) >= 11 is 3.31. The molecule has 5 nitrogen and oxygen atoms in total. The summed E-state index contributed by atoms with van der Waals surface area (Å²) in [7, 11) is 0. The molecule has 6 heteroatoms. The number of nitrogens with zero attached hydrogens (tertiary/aromatic N) is 1. The summed E-state index contributed by atoms with van der Waals surface area (Å²) in [4.78, 5) is 16.1. The third-order valence-electron chi connectivity index (χ3n) is 3.50. The van der Waals surface area contributed by atoms with E-state index in [1.165, 1.54) is 0 Å². The first-order valence-corrected chi connectivity index (χ1v) is 8.57. The lowest BCUT2D eigenvalue weighted by atomic mass is 10.1. The van der Waals surface area contributed by atoms with Gasteiger partial charge in [0.05, 0.1) is 18.4 Å². The van der Waals surface area contributed by atoms with Crippen molar-refractivity contribution in [2.45, 2.75) is 19.8 Å². The molecule has 0 saturated heterocycles. The van der Waals surface area contributed by atoms with Crippen LogP contribution in [-0.4, -0.2) is 10.9 Å². The molecule has 0 spiro atoms. The number of aromatic nitrogens is 1. The van der Waals surface area contributed by atoms with Crippen LogP contribution in [0.4, 0.5) is 0 Å². The van der Waals surface area contributed by atoms with Crippen LogP contribution in [0.5, 0.6) is 0 Å². The van der Waals surface area contributed by atoms with E-state index in [-0.39, 0.29) is 5.91 Å². The molecule has 1 aromatic carbocycles. The summed E-state index contributed by atoms with van der Waals surface area (Å²) in [6.45, 7) is 1.36. The Balaban J connectivity index is 1.51. The Kier molecular flexibility index (Phi) is 5.98. The Hall–Kier alpha value is -2.44. The number of hydrogen-bond donors (Lipinski definition) is 1. The van der Waals surface area contributed by atoms with Crippen LogP contribution in [-0.2, 0) is 24.5 Å². The smallest absolute Gasteiger partial charge is 0.253 e. The molecular weight excluding hydrogens is 384 g/mol. The SMILES string of the molecule is O=C(NCc1cccc(COCc2ccco2)c1)c1cncc(Br)c1. The molecule has 2 heterocycles. The molecule has 0 aliphatic heterocycles. The Bertz CT molecular complexity index is 834. The van der Waals surface area contributed by atoms with Crippen LogP contribution in [0.3, 0.4) is 0 Å². The van der Waals surface area contributed by atoms with Gasteiger partial charge >= 0.3 is 0 Å². The minimum Gasteiger partial charge on any atom is -0.467 e. The number of benzene rings is 1. The lowest BCUT2D eigenvalue weighted by Crippen LogP contribution is -2.23. The van der Waals surface area contributed by atoms with Crippen LogP contribution in [0.1, 0.15) is 27.2 Å². The van der Waals surface area contributed by atoms with Crippen LogP contribution in [0.2, 0.25) is 0 Å². The maximum absolute atomic E-state index is 12.2. The summed E-state index contributed by atoms with van der Waals surface area (Å²) in [6.07, 6.45) is 4.81. The van der Waals surface area contributed by atoms with Gasteiger partial charge in [-0.1, -0.05) is 24.3 Å². The van der Waals surface area contributed by atoms with Gasteiger partial charge in [0, 0.05) is 23.4 Å². The van der Waals surface area contributed by atoms with Crippen molar-refractivity contribution in [3.05, 3.63) is 88.0 Å². The van der Waals surface area contributed by atoms with Gasteiger partial charge in [0.2, 0.25) is 0 Å². The number of carbonyl (C=O) groups excluding carboxylic acids is 1. The van der Waals surface area contributed by atoms with Gasteiger partial charge in [0.1, 0.15) is 12.4 Å². The van der Waals surface area contributed by atoms with E-state index >= 15 is 0 Å². The standard InChI is InChI=1S/C19H17BrN2O3/c20-17-8-16(10-21-11-17)19(23)22-9-14-3-1-4-15(7-14)12-24-13-18-5-2-6-25-18/h1-8,10-11H,9,12-13H2,(H,22,23). The van der Waals surface area contributed by atoms with E-state index in [0.717, 1.165) is 21.4 Å². The van der Waals surface area contributed by atoms with Crippen LogP contribution < -0.4 is 5.32 Å². The monoisotopic (exact) mass is 400 g/mol. The van der Waals surface area contributed by atoms with Gasteiger partial charge in [-0.05, 0) is 45.3 Å². The first kappa shape index (κ1) is 17.4. The van der Waals surface area contributed by atoms with Crippen molar-refractivity contribution in [2.75, 3.05) is 0 Å². The van der Waals surface area contributed by atoms with Crippen LogP contribution in [0.15, 0.2) is 70.0 Å². The molecule has 0 saturated carbocycles. The van der Waals surface area contributed by atoms with E-state index in [1.807, 2.05) is 36.4 Å². The predicted octanol–water partition coefficient (Wildman–Crippen LogP) is 4.08. The molecule has 0 atom stereocenters. The van der Waals surface area contributed by atoms with Crippen molar-refractivity contribution in [1.82, 2.24) is 10.3 Å². The van der Waals surface area contributed by atoms with Gasteiger partial charge in [0.25, 0.3) is 5.91 Å². The molecule has 0 bridgehead atoms. The fraction of sp³-hybridized carbons (Fsp3) is 0.158. The minimum absolute atomic E-state index is 0.159. The van der Waals surface area contributed by atoms with Gasteiger partial charge in [0.15, 0.2) is 0 Å². The second kappa shape index (κ2) is 8.60. The van der Waals surface area contributed by atoms with E-state index in [0.29, 0.717) is 25.3 Å². The zero-order chi connectivity index (χ0) is 17.5. The molecule has 0 aliphatic carbocycles. The number of carbonyl (C=O) groups is 1. The molecule has 1 amide bonds. The Morgan fingerprint density at radius 1 is 1.12 bits per heavy atom. The molecular formula is C19H17BrN2O3. The van der Waals surface area contributed by atoms with Crippen molar-refractivity contribution in [2.24, 2.45) is 0 Å². The van der Waals surface area contributed by atoms with Gasteiger partial charge in [-0.3, -0.25) is 9.78 Å². The maximum atomic E-state index is 12.2. The lowest BCUT2D eigenvalue weighted by molar-refractivity contribution is 0.0928. The first-order chi connectivity index (χ1) is 12.2. The number of amides is 1. The Labute approximate surface area is 154 Å². The molecule has 25 heavy (non-hydrogen) atoms. The van der Waals surface area contributed by atoms with Crippen molar-refractivity contribution in [1.29, 1.82) is 0 Å². The summed E-state index contributed by atoms with van der Waals surface area (Å²) in [5, 5.41) is 2.89. The molecule has 3 aromatic rings. The normalized spacial score (nSPS) is 10.6. The topological polar surface area (TPSA) is 64.4 Å². The molecule has 0 fully saturated rings. The van der Waals surface area contributed by atoms with Gasteiger partial charge in [-0.2, -0.15) is 0 Å². The lowest BCUT2D eigenvalue weighted by Gasteiger charge is -2.08. The van der Waals surface area contributed by atoms with E-state index in [9.17, 15) is 4.79 Å². The quantitative estimate of drug-likeness (QED) is 0.648. The Morgan fingerprint density at radius 2 is 2.00 bits per heavy atom. The molecule has 2 aromatic heterocycles. The molecule has 128 valence electrons. The zero-order valence-corrected chi connectivity index (χ0v) is 15.0. The number of halogens is 1. The number of hydrogen-bond acceptors (Lipinski definition) is 4. The second-order valence-corrected chi connectivity index (χ2v) is 6.38. The fourth-order valence-corrected chi connectivity index (χ4v) is 2.68. The van der Waals surface area contributed by atoms with Crippen LogP contribution >= 0.6 is 15.9 Å². The number of pyridine rings is 1. The number of furan rings is 1. The van der Waals surface area contributed by atoms with Crippen molar-refractivity contribution in [3.8, 4) is 0 Å². The minimum atomic E-state index is -0.159. The highest BCUT2D eigenvalue weighted by Gasteiger charge is 2.06. The highest BCUT2D eigenvalue weighted by Crippen LogP contribution is 2.11. The zero-order valence-electron chi connectivity index (χ0n) is 13.4. The molecule has 0 unspecified atom stereocenters. The Morgan fingerprint density at radius 3 is 2.80 bits per heavy atom. The maximum Gasteiger partial charge on any atom is 0.253 e. The third-order valence-corrected chi connectivity index (χ3v) is 3.94. The van der Waals surface area contributed by atoms with E-state index < -0.39 is 0 Å². The number of nitrogens with one attached hydrogen (secondary N) is 1. The molecule has 3 rings (SSSR count). The fourth-order valence-electron chi connectivity index (χ4n) is 2.31. The van der Waals surface area contributed by atoms with Crippen LogP contribution in [0, 0.1) is 0 Å². The van der Waals surface area contributed by atoms with Gasteiger partial charge < -0.3 is 14.5 Å². The average molecular weight is 401 g/mol. The number of ether oxygens (including phenoxy) is 1. The van der Waals surface area contributed by atoms with Crippen molar-refractivity contribution >= 4 is 21.8 Å². The second-order valence-electron chi connectivity index (χ2n) is 5.47. The van der Waals surface area contributed by atoms with Gasteiger partial charge in [-0.25, -0.2) is 0 Å².